The highest BCUT2D eigenvalue weighted by Crippen LogP contribution is 2.35. The van der Waals surface area contributed by atoms with Crippen LogP contribution in [0.3, 0.4) is 0 Å². The Labute approximate surface area is 140 Å². The molecule has 0 spiro atoms. The Kier molecular flexibility index (Phi) is 4.38. The highest BCUT2D eigenvalue weighted by atomic mass is 19.1. The SMILES string of the molecule is CCC(C)c1[c]cc2c(C(=O)NC)c(-c3ccc(F)cc3)oc2c1. The van der Waals surface area contributed by atoms with E-state index in [2.05, 4.69) is 25.2 Å². The predicted molar refractivity (Wildman–Crippen MR) is 92.5 cm³/mol. The van der Waals surface area contributed by atoms with E-state index in [4.69, 9.17) is 4.42 Å². The van der Waals surface area contributed by atoms with Crippen LogP contribution in [0.1, 0.15) is 42.1 Å². The maximum absolute atomic E-state index is 13.2. The molecular weight excluding hydrogens is 305 g/mol. The molecule has 3 rings (SSSR count). The maximum atomic E-state index is 13.2. The molecule has 4 heteroatoms. The van der Waals surface area contributed by atoms with Gasteiger partial charge in [0, 0.05) is 18.0 Å². The van der Waals surface area contributed by atoms with E-state index in [0.29, 0.717) is 33.8 Å². The van der Waals surface area contributed by atoms with Gasteiger partial charge in [-0.2, -0.15) is 0 Å². The van der Waals surface area contributed by atoms with Crippen molar-refractivity contribution in [2.45, 2.75) is 26.2 Å². The van der Waals surface area contributed by atoms with Crippen LogP contribution in [0.5, 0.6) is 0 Å². The van der Waals surface area contributed by atoms with Gasteiger partial charge in [0.2, 0.25) is 0 Å². The quantitative estimate of drug-likeness (QED) is 0.741. The second kappa shape index (κ2) is 6.48. The van der Waals surface area contributed by atoms with E-state index < -0.39 is 0 Å². The summed E-state index contributed by atoms with van der Waals surface area (Å²) in [5.74, 6) is 0.234. The summed E-state index contributed by atoms with van der Waals surface area (Å²) in [6.45, 7) is 4.24. The van der Waals surface area contributed by atoms with Gasteiger partial charge in [0.25, 0.3) is 5.91 Å². The first-order chi connectivity index (χ1) is 11.5. The highest BCUT2D eigenvalue weighted by molar-refractivity contribution is 6.11. The van der Waals surface area contributed by atoms with E-state index in [1.807, 2.05) is 6.07 Å². The zero-order valence-corrected chi connectivity index (χ0v) is 13.9. The third-order valence-electron chi connectivity index (χ3n) is 4.35. The Balaban J connectivity index is 2.23. The van der Waals surface area contributed by atoms with Gasteiger partial charge in [0.05, 0.1) is 5.56 Å². The van der Waals surface area contributed by atoms with Crippen LogP contribution in [-0.4, -0.2) is 13.0 Å². The first-order valence-corrected chi connectivity index (χ1v) is 8.01. The molecule has 0 saturated carbocycles. The molecule has 1 amide bonds. The van der Waals surface area contributed by atoms with Gasteiger partial charge in [-0.3, -0.25) is 4.79 Å². The molecule has 3 nitrogen and oxygen atoms in total. The summed E-state index contributed by atoms with van der Waals surface area (Å²) in [6, 6.07) is 12.9. The summed E-state index contributed by atoms with van der Waals surface area (Å²) >= 11 is 0. The van der Waals surface area contributed by atoms with Gasteiger partial charge in [-0.05, 0) is 60.4 Å². The number of rotatable bonds is 4. The van der Waals surface area contributed by atoms with Crippen LogP contribution in [0, 0.1) is 11.9 Å². The van der Waals surface area contributed by atoms with Gasteiger partial charge >= 0.3 is 0 Å². The number of carbonyl (C=O) groups is 1. The third-order valence-corrected chi connectivity index (χ3v) is 4.35. The molecule has 0 aliphatic rings. The largest absolute Gasteiger partial charge is 0.455 e. The lowest BCUT2D eigenvalue weighted by Crippen LogP contribution is -2.18. The summed E-state index contributed by atoms with van der Waals surface area (Å²) in [5, 5.41) is 3.35. The van der Waals surface area contributed by atoms with Gasteiger partial charge in [0.15, 0.2) is 0 Å². The molecule has 0 bridgehead atoms. The number of fused-ring (bicyclic) bond motifs is 1. The molecular formula is C20H19FNO2. The first-order valence-electron chi connectivity index (χ1n) is 8.01. The fraction of sp³-hybridized carbons (Fsp3) is 0.250. The molecule has 123 valence electrons. The first kappa shape index (κ1) is 16.2. The summed E-state index contributed by atoms with van der Waals surface area (Å²) < 4.78 is 19.2. The minimum atomic E-state index is -0.330. The zero-order chi connectivity index (χ0) is 17.3. The van der Waals surface area contributed by atoms with Crippen molar-refractivity contribution in [3.63, 3.8) is 0 Å². The molecule has 1 atom stereocenters. The van der Waals surface area contributed by atoms with Gasteiger partial charge in [0.1, 0.15) is 17.2 Å². The van der Waals surface area contributed by atoms with E-state index in [0.717, 1.165) is 12.0 Å². The van der Waals surface area contributed by atoms with Crippen molar-refractivity contribution in [2.75, 3.05) is 7.05 Å². The molecule has 1 unspecified atom stereocenters. The lowest BCUT2D eigenvalue weighted by molar-refractivity contribution is 0.0964. The van der Waals surface area contributed by atoms with E-state index >= 15 is 0 Å². The predicted octanol–water partition coefficient (Wildman–Crippen LogP) is 4.91. The van der Waals surface area contributed by atoms with Crippen LogP contribution in [0.4, 0.5) is 4.39 Å². The van der Waals surface area contributed by atoms with Crippen LogP contribution < -0.4 is 5.32 Å². The Bertz CT molecular complexity index is 881. The van der Waals surface area contributed by atoms with Gasteiger partial charge in [-0.1, -0.05) is 13.8 Å². The molecule has 1 heterocycles. The number of benzene rings is 2. The van der Waals surface area contributed by atoms with E-state index in [1.54, 1.807) is 25.2 Å². The number of hydrogen-bond acceptors (Lipinski definition) is 2. The zero-order valence-electron chi connectivity index (χ0n) is 13.9. The molecule has 1 radical (unpaired) electrons. The summed E-state index contributed by atoms with van der Waals surface area (Å²) in [4.78, 5) is 12.4. The molecule has 0 aliphatic heterocycles. The van der Waals surface area contributed by atoms with Crippen LogP contribution >= 0.6 is 0 Å². The van der Waals surface area contributed by atoms with Crippen molar-refractivity contribution in [1.29, 1.82) is 0 Å². The lowest BCUT2D eigenvalue weighted by Gasteiger charge is -2.07. The Morgan fingerprint density at radius 2 is 2.04 bits per heavy atom. The molecule has 1 aromatic heterocycles. The summed E-state index contributed by atoms with van der Waals surface area (Å²) in [6.07, 6.45) is 0.996. The maximum Gasteiger partial charge on any atom is 0.255 e. The molecule has 0 saturated heterocycles. The average Bonchev–Trinajstić information content (AvgIpc) is 2.99. The number of carbonyl (C=O) groups excluding carboxylic acids is 1. The van der Waals surface area contributed by atoms with Crippen molar-refractivity contribution in [1.82, 2.24) is 5.32 Å². The lowest BCUT2D eigenvalue weighted by atomic mass is 9.97. The number of amides is 1. The molecule has 0 aliphatic carbocycles. The van der Waals surface area contributed by atoms with Crippen molar-refractivity contribution in [3.8, 4) is 11.3 Å². The standard InChI is InChI=1S/C20H19FNO2/c1-4-12(2)14-7-10-16-17(11-14)24-19(18(16)20(23)22-3)13-5-8-15(21)9-6-13/h5-6,8-12H,4H2,1-3H3,(H,22,23). The minimum Gasteiger partial charge on any atom is -0.455 e. The Morgan fingerprint density at radius 3 is 2.67 bits per heavy atom. The van der Waals surface area contributed by atoms with Gasteiger partial charge in [-0.15, -0.1) is 0 Å². The van der Waals surface area contributed by atoms with E-state index in [-0.39, 0.29) is 11.7 Å². The fourth-order valence-electron chi connectivity index (χ4n) is 2.71. The van der Waals surface area contributed by atoms with Crippen molar-refractivity contribution >= 4 is 16.9 Å². The molecule has 0 fully saturated rings. The second-order valence-corrected chi connectivity index (χ2v) is 5.87. The number of halogens is 1. The molecule has 3 aromatic rings. The Morgan fingerprint density at radius 1 is 1.33 bits per heavy atom. The normalized spacial score (nSPS) is 12.3. The Hall–Kier alpha value is -2.62. The fourth-order valence-corrected chi connectivity index (χ4v) is 2.71. The second-order valence-electron chi connectivity index (χ2n) is 5.87. The van der Waals surface area contributed by atoms with Crippen molar-refractivity contribution in [3.05, 3.63) is 59.4 Å². The topological polar surface area (TPSA) is 42.2 Å². The summed E-state index contributed by atoms with van der Waals surface area (Å²) in [7, 11) is 1.58. The minimum absolute atomic E-state index is 0.238. The average molecular weight is 324 g/mol. The van der Waals surface area contributed by atoms with E-state index in [9.17, 15) is 9.18 Å². The number of furan rings is 1. The monoisotopic (exact) mass is 324 g/mol. The highest BCUT2D eigenvalue weighted by Gasteiger charge is 2.22. The smallest absolute Gasteiger partial charge is 0.255 e. The van der Waals surface area contributed by atoms with Crippen LogP contribution in [0.2, 0.25) is 0 Å². The number of nitrogens with one attached hydrogen (secondary N) is 1. The van der Waals surface area contributed by atoms with Gasteiger partial charge in [-0.25, -0.2) is 4.39 Å². The molecule has 24 heavy (non-hydrogen) atoms. The number of hydrogen-bond donors (Lipinski definition) is 1. The third kappa shape index (κ3) is 2.80. The molecule has 2 aromatic carbocycles. The van der Waals surface area contributed by atoms with Crippen LogP contribution in [0.15, 0.2) is 40.8 Å². The van der Waals surface area contributed by atoms with Crippen molar-refractivity contribution < 1.29 is 13.6 Å². The van der Waals surface area contributed by atoms with Crippen LogP contribution in [-0.2, 0) is 0 Å². The van der Waals surface area contributed by atoms with Crippen LogP contribution in [0.25, 0.3) is 22.3 Å². The van der Waals surface area contributed by atoms with Gasteiger partial charge < -0.3 is 9.73 Å². The van der Waals surface area contributed by atoms with E-state index in [1.165, 1.54) is 12.1 Å². The van der Waals surface area contributed by atoms with Crippen molar-refractivity contribution in [2.24, 2.45) is 0 Å². The molecule has 1 N–H and O–H groups in total. The summed E-state index contributed by atoms with van der Waals surface area (Å²) in [5.41, 5.74) is 2.80.